The number of amides is 2. The van der Waals surface area contributed by atoms with Gasteiger partial charge in [0.25, 0.3) is 0 Å². The Hall–Kier alpha value is -1.56. The molecular formula is C10H8N2O3S. The van der Waals surface area contributed by atoms with Gasteiger partial charge < -0.3 is 0 Å². The van der Waals surface area contributed by atoms with Crippen LogP contribution in [0.5, 0.6) is 0 Å². The van der Waals surface area contributed by atoms with E-state index < -0.39 is 0 Å². The lowest BCUT2D eigenvalue weighted by molar-refractivity contribution is -0.123. The van der Waals surface area contributed by atoms with Crippen molar-refractivity contribution in [1.82, 2.24) is 4.98 Å². The van der Waals surface area contributed by atoms with Crippen molar-refractivity contribution in [3.05, 3.63) is 11.1 Å². The van der Waals surface area contributed by atoms with Crippen molar-refractivity contribution in [2.75, 3.05) is 4.90 Å². The van der Waals surface area contributed by atoms with Gasteiger partial charge in [0.2, 0.25) is 11.8 Å². The van der Waals surface area contributed by atoms with Crippen LogP contribution in [0.1, 0.15) is 23.8 Å². The van der Waals surface area contributed by atoms with Crippen LogP contribution in [0, 0.1) is 11.8 Å². The third-order valence-corrected chi connectivity index (χ3v) is 3.74. The summed E-state index contributed by atoms with van der Waals surface area (Å²) in [5.41, 5.74) is 0.307. The number of thiazole rings is 1. The molecule has 82 valence electrons. The topological polar surface area (TPSA) is 67.3 Å². The Bertz CT molecular complexity index is 502. The van der Waals surface area contributed by atoms with Crippen LogP contribution in [0.25, 0.3) is 0 Å². The van der Waals surface area contributed by atoms with Gasteiger partial charge in [0.1, 0.15) is 5.69 Å². The number of ketones is 1. The second-order valence-corrected chi connectivity index (χ2v) is 4.87. The summed E-state index contributed by atoms with van der Waals surface area (Å²) in [6.07, 6.45) is 0.680. The first-order chi connectivity index (χ1) is 7.59. The van der Waals surface area contributed by atoms with Gasteiger partial charge in [-0.25, -0.2) is 9.88 Å². The van der Waals surface area contributed by atoms with Crippen molar-refractivity contribution in [3.63, 3.8) is 0 Å². The molecule has 16 heavy (non-hydrogen) atoms. The zero-order chi connectivity index (χ0) is 11.4. The van der Waals surface area contributed by atoms with E-state index in [0.29, 0.717) is 17.2 Å². The van der Waals surface area contributed by atoms with Gasteiger partial charge in [0.15, 0.2) is 10.9 Å². The van der Waals surface area contributed by atoms with E-state index in [2.05, 4.69) is 4.98 Å². The number of nitrogens with zero attached hydrogens (tertiary/aromatic N) is 2. The van der Waals surface area contributed by atoms with Crippen molar-refractivity contribution in [2.45, 2.75) is 13.3 Å². The van der Waals surface area contributed by atoms with Gasteiger partial charge in [-0.3, -0.25) is 14.4 Å². The molecule has 2 amide bonds. The van der Waals surface area contributed by atoms with Gasteiger partial charge >= 0.3 is 0 Å². The monoisotopic (exact) mass is 236 g/mol. The van der Waals surface area contributed by atoms with E-state index in [1.54, 1.807) is 5.38 Å². The molecule has 0 bridgehead atoms. The lowest BCUT2D eigenvalue weighted by Crippen LogP contribution is -2.32. The molecule has 0 spiro atoms. The molecule has 2 heterocycles. The van der Waals surface area contributed by atoms with Crippen LogP contribution < -0.4 is 4.90 Å². The first kappa shape index (κ1) is 9.65. The molecule has 0 radical (unpaired) electrons. The Morgan fingerprint density at radius 3 is 2.56 bits per heavy atom. The van der Waals surface area contributed by atoms with E-state index in [9.17, 15) is 14.4 Å². The Morgan fingerprint density at radius 1 is 1.44 bits per heavy atom. The molecule has 1 saturated carbocycles. The summed E-state index contributed by atoms with van der Waals surface area (Å²) >= 11 is 1.16. The molecular weight excluding hydrogens is 228 g/mol. The number of fused-ring (bicyclic) bond motifs is 1. The molecule has 1 saturated heterocycles. The van der Waals surface area contributed by atoms with Crippen molar-refractivity contribution in [3.8, 4) is 0 Å². The SMILES string of the molecule is CC(=O)c1csc(N2C(=O)C3CC3C2=O)n1. The maximum absolute atomic E-state index is 11.7. The van der Waals surface area contributed by atoms with Crippen LogP contribution in [-0.4, -0.2) is 22.6 Å². The zero-order valence-electron chi connectivity index (χ0n) is 8.47. The summed E-state index contributed by atoms with van der Waals surface area (Å²) in [7, 11) is 0. The molecule has 2 atom stereocenters. The fraction of sp³-hybridized carbons (Fsp3) is 0.400. The summed E-state index contributed by atoms with van der Waals surface area (Å²) in [6.45, 7) is 1.41. The highest BCUT2D eigenvalue weighted by atomic mass is 32.1. The molecule has 1 aliphatic carbocycles. The molecule has 2 fully saturated rings. The van der Waals surface area contributed by atoms with E-state index in [-0.39, 0.29) is 29.4 Å². The van der Waals surface area contributed by atoms with Gasteiger partial charge in [-0.15, -0.1) is 11.3 Å². The van der Waals surface area contributed by atoms with Gasteiger partial charge in [0, 0.05) is 12.3 Å². The fourth-order valence-corrected chi connectivity index (χ4v) is 2.77. The smallest absolute Gasteiger partial charge is 0.239 e. The Kier molecular flexibility index (Phi) is 1.79. The first-order valence-corrected chi connectivity index (χ1v) is 5.82. The second kappa shape index (κ2) is 2.98. The predicted octanol–water partition coefficient (Wildman–Crippen LogP) is 0.855. The van der Waals surface area contributed by atoms with E-state index in [4.69, 9.17) is 0 Å². The quantitative estimate of drug-likeness (QED) is 0.564. The van der Waals surface area contributed by atoms with Crippen molar-refractivity contribution in [1.29, 1.82) is 0 Å². The standard InChI is InChI=1S/C10H8N2O3S/c1-4(13)7-3-16-10(11-7)12-8(14)5-2-6(5)9(12)15/h3,5-6H,2H2,1H3. The van der Waals surface area contributed by atoms with Crippen LogP contribution in [0.3, 0.4) is 0 Å². The van der Waals surface area contributed by atoms with Gasteiger partial charge in [-0.2, -0.15) is 0 Å². The maximum Gasteiger partial charge on any atom is 0.239 e. The third-order valence-electron chi connectivity index (χ3n) is 2.91. The summed E-state index contributed by atoms with van der Waals surface area (Å²) in [6, 6.07) is 0. The van der Waals surface area contributed by atoms with Gasteiger partial charge in [-0.05, 0) is 6.42 Å². The van der Waals surface area contributed by atoms with Crippen molar-refractivity contribution < 1.29 is 14.4 Å². The highest BCUT2D eigenvalue weighted by molar-refractivity contribution is 7.14. The summed E-state index contributed by atoms with van der Waals surface area (Å²) in [5.74, 6) is -0.750. The number of aromatic nitrogens is 1. The number of piperidine rings is 1. The minimum atomic E-state index is -0.167. The van der Waals surface area contributed by atoms with Crippen LogP contribution in [-0.2, 0) is 9.59 Å². The van der Waals surface area contributed by atoms with E-state index in [1.165, 1.54) is 6.92 Å². The second-order valence-electron chi connectivity index (χ2n) is 4.03. The van der Waals surface area contributed by atoms with E-state index in [1.807, 2.05) is 0 Å². The Labute approximate surface area is 95.1 Å². The molecule has 0 N–H and O–H groups in total. The average molecular weight is 236 g/mol. The third kappa shape index (κ3) is 1.16. The predicted molar refractivity (Wildman–Crippen MR) is 56.2 cm³/mol. The normalized spacial score (nSPS) is 27.2. The van der Waals surface area contributed by atoms with E-state index >= 15 is 0 Å². The minimum Gasteiger partial charge on any atom is -0.293 e. The van der Waals surface area contributed by atoms with Crippen LogP contribution in [0.2, 0.25) is 0 Å². The number of hydrogen-bond acceptors (Lipinski definition) is 5. The number of hydrogen-bond donors (Lipinski definition) is 0. The maximum atomic E-state index is 11.7. The number of anilines is 1. The van der Waals surface area contributed by atoms with Crippen molar-refractivity contribution >= 4 is 34.1 Å². The van der Waals surface area contributed by atoms with E-state index in [0.717, 1.165) is 16.2 Å². The summed E-state index contributed by atoms with van der Waals surface area (Å²) < 4.78 is 0. The lowest BCUT2D eigenvalue weighted by atomic mass is 10.4. The first-order valence-electron chi connectivity index (χ1n) is 4.94. The molecule has 0 aromatic carbocycles. The number of Topliss-reactive ketones (excluding diaryl/α,β-unsaturated/α-hetero) is 1. The lowest BCUT2D eigenvalue weighted by Gasteiger charge is -2.11. The number of carbonyl (C=O) groups is 3. The molecule has 1 aromatic rings. The van der Waals surface area contributed by atoms with Gasteiger partial charge in [-0.1, -0.05) is 0 Å². The Balaban J connectivity index is 1.95. The molecule has 2 aliphatic rings. The van der Waals surface area contributed by atoms with Crippen LogP contribution >= 0.6 is 11.3 Å². The minimum absolute atomic E-state index is 0.128. The summed E-state index contributed by atoms with van der Waals surface area (Å²) in [5, 5.41) is 1.90. The van der Waals surface area contributed by atoms with Crippen LogP contribution in [0.4, 0.5) is 5.13 Å². The molecule has 5 nitrogen and oxygen atoms in total. The number of carbonyl (C=O) groups excluding carboxylic acids is 3. The zero-order valence-corrected chi connectivity index (χ0v) is 9.28. The molecule has 3 rings (SSSR count). The average Bonchev–Trinajstić information content (AvgIpc) is 2.82. The fourth-order valence-electron chi connectivity index (χ4n) is 1.90. The number of imide groups is 1. The highest BCUT2D eigenvalue weighted by Crippen LogP contribution is 2.48. The summed E-state index contributed by atoms with van der Waals surface area (Å²) in [4.78, 5) is 39.6. The largest absolute Gasteiger partial charge is 0.293 e. The molecule has 2 unspecified atom stereocenters. The molecule has 6 heteroatoms. The highest BCUT2D eigenvalue weighted by Gasteiger charge is 2.60. The van der Waals surface area contributed by atoms with Crippen LogP contribution in [0.15, 0.2) is 5.38 Å². The Morgan fingerprint density at radius 2 is 2.06 bits per heavy atom. The molecule has 1 aliphatic heterocycles. The van der Waals surface area contributed by atoms with Crippen molar-refractivity contribution in [2.24, 2.45) is 11.8 Å². The molecule has 1 aromatic heterocycles. The number of rotatable bonds is 2. The van der Waals surface area contributed by atoms with Gasteiger partial charge in [0.05, 0.1) is 11.8 Å².